The summed E-state index contributed by atoms with van der Waals surface area (Å²) in [7, 11) is 0. The summed E-state index contributed by atoms with van der Waals surface area (Å²) >= 11 is 3.32. The van der Waals surface area contributed by atoms with Gasteiger partial charge in [-0.25, -0.2) is 13.8 Å². The Kier molecular flexibility index (Phi) is 7.62. The molecule has 3 heterocycles. The van der Waals surface area contributed by atoms with Crippen molar-refractivity contribution in [2.75, 3.05) is 17.2 Å². The highest BCUT2D eigenvalue weighted by atomic mass is 79.9. The summed E-state index contributed by atoms with van der Waals surface area (Å²) in [6, 6.07) is 9.50. The van der Waals surface area contributed by atoms with E-state index in [1.165, 1.54) is 23.0 Å². The van der Waals surface area contributed by atoms with E-state index in [2.05, 4.69) is 41.8 Å². The fourth-order valence-electron chi connectivity index (χ4n) is 4.26. The molecule has 0 saturated carbocycles. The zero-order valence-corrected chi connectivity index (χ0v) is 22.9. The molecule has 0 unspecified atom stereocenters. The molecule has 0 bridgehead atoms. The molecule has 2 aromatic carbocycles. The van der Waals surface area contributed by atoms with Gasteiger partial charge in [0.25, 0.3) is 17.4 Å². The molecule has 0 aliphatic carbocycles. The van der Waals surface area contributed by atoms with Crippen LogP contribution in [0.4, 0.5) is 20.2 Å². The average molecular weight is 623 g/mol. The number of benzene rings is 2. The Hall–Kier alpha value is -4.91. The number of carbonyl (C=O) groups is 3. The second-order valence-electron chi connectivity index (χ2n) is 9.14. The fourth-order valence-corrected chi connectivity index (χ4v) is 4.71. The number of carbonyl (C=O) groups excluding carboxylic acids is 3. The number of pyridine rings is 1. The lowest BCUT2D eigenvalue weighted by atomic mass is 10.1. The van der Waals surface area contributed by atoms with Gasteiger partial charge in [0.15, 0.2) is 11.6 Å². The van der Waals surface area contributed by atoms with Gasteiger partial charge in [-0.1, -0.05) is 6.07 Å². The zero-order chi connectivity index (χ0) is 29.3. The highest BCUT2D eigenvalue weighted by Gasteiger charge is 2.25. The molecule has 0 radical (unpaired) electrons. The summed E-state index contributed by atoms with van der Waals surface area (Å²) in [5, 5.41) is 7.85. The highest BCUT2D eigenvalue weighted by Crippen LogP contribution is 2.34. The summed E-state index contributed by atoms with van der Waals surface area (Å²) in [5.74, 6) is -3.73. The zero-order valence-electron chi connectivity index (χ0n) is 21.3. The first kappa shape index (κ1) is 27.6. The number of amides is 3. The lowest BCUT2D eigenvalue weighted by Crippen LogP contribution is -2.38. The van der Waals surface area contributed by atoms with Crippen molar-refractivity contribution in [2.24, 2.45) is 0 Å². The maximum absolute atomic E-state index is 13.7. The van der Waals surface area contributed by atoms with Crippen molar-refractivity contribution in [2.45, 2.75) is 13.5 Å². The second kappa shape index (κ2) is 11.3. The minimum absolute atomic E-state index is 0.103. The number of nitrogens with zero attached hydrogens (tertiary/aromatic N) is 2. The SMILES string of the molecule is Cc1c(Br)cc(C(=O)NCC(=O)Nc2ccc3c(c2)C(=Cc2cnc[nH]2)C(=O)N3)c(=O)n1Cc1ccc(F)c(F)c1. The summed E-state index contributed by atoms with van der Waals surface area (Å²) in [5.41, 5.74) is 2.46. The smallest absolute Gasteiger partial charge is 0.263 e. The number of fused-ring (bicyclic) bond motifs is 1. The van der Waals surface area contributed by atoms with Crippen molar-refractivity contribution in [1.82, 2.24) is 19.9 Å². The Morgan fingerprint density at radius 3 is 2.63 bits per heavy atom. The number of H-pyrrole nitrogens is 1. The van der Waals surface area contributed by atoms with Gasteiger partial charge in [0.2, 0.25) is 5.91 Å². The van der Waals surface area contributed by atoms with Gasteiger partial charge >= 0.3 is 0 Å². The Labute approximate surface area is 239 Å². The van der Waals surface area contributed by atoms with E-state index in [0.717, 1.165) is 12.1 Å². The fraction of sp³-hybridized carbons (Fsp3) is 0.107. The first-order chi connectivity index (χ1) is 19.6. The van der Waals surface area contributed by atoms with Crippen molar-refractivity contribution in [3.63, 3.8) is 0 Å². The maximum Gasteiger partial charge on any atom is 0.263 e. The number of imidazole rings is 1. The lowest BCUT2D eigenvalue weighted by Gasteiger charge is -2.14. The Morgan fingerprint density at radius 1 is 1.10 bits per heavy atom. The maximum atomic E-state index is 13.7. The van der Waals surface area contributed by atoms with Gasteiger partial charge in [0.1, 0.15) is 5.56 Å². The third kappa shape index (κ3) is 5.84. The number of halogens is 3. The molecule has 1 aliphatic rings. The quantitative estimate of drug-likeness (QED) is 0.232. The summed E-state index contributed by atoms with van der Waals surface area (Å²) in [6.45, 7) is 1.09. The van der Waals surface area contributed by atoms with Crippen LogP contribution in [0, 0.1) is 18.6 Å². The summed E-state index contributed by atoms with van der Waals surface area (Å²) in [6.07, 6.45) is 4.69. The van der Waals surface area contributed by atoms with Crippen LogP contribution in [0.3, 0.4) is 0 Å². The number of aromatic nitrogens is 3. The molecule has 0 spiro atoms. The second-order valence-corrected chi connectivity index (χ2v) is 10.00. The lowest BCUT2D eigenvalue weighted by molar-refractivity contribution is -0.115. The van der Waals surface area contributed by atoms with E-state index in [1.807, 2.05) is 0 Å². The summed E-state index contributed by atoms with van der Waals surface area (Å²) in [4.78, 5) is 57.9. The number of nitrogens with one attached hydrogen (secondary N) is 4. The van der Waals surface area contributed by atoms with Gasteiger partial charge in [0, 0.05) is 27.1 Å². The summed E-state index contributed by atoms with van der Waals surface area (Å²) < 4.78 is 28.7. The molecule has 41 heavy (non-hydrogen) atoms. The Bertz CT molecular complexity index is 1800. The standard InChI is InChI=1S/C28H21BrF2N6O4/c1-14-21(29)9-20(28(41)37(14)12-15-2-4-22(30)23(31)6-15)26(39)33-11-25(38)35-16-3-5-24-18(7-16)19(27(40)36-24)8-17-10-32-13-34-17/h2-10,13H,11-12H2,1H3,(H,32,34)(H,33,39)(H,35,38)(H,36,40). The van der Waals surface area contributed by atoms with Crippen LogP contribution in [0.5, 0.6) is 0 Å². The van der Waals surface area contributed by atoms with Gasteiger partial charge < -0.3 is 25.5 Å². The molecular formula is C28H21BrF2N6O4. The minimum Gasteiger partial charge on any atom is -0.345 e. The van der Waals surface area contributed by atoms with Crippen LogP contribution >= 0.6 is 15.9 Å². The average Bonchev–Trinajstić information content (AvgIpc) is 3.57. The van der Waals surface area contributed by atoms with Gasteiger partial charge in [-0.15, -0.1) is 0 Å². The normalized spacial score (nSPS) is 13.2. The van der Waals surface area contributed by atoms with Crippen molar-refractivity contribution < 1.29 is 23.2 Å². The van der Waals surface area contributed by atoms with Crippen LogP contribution in [0.2, 0.25) is 0 Å². The number of hydrogen-bond donors (Lipinski definition) is 4. The van der Waals surface area contributed by atoms with Gasteiger partial charge in [0.05, 0.1) is 36.9 Å². The topological polar surface area (TPSA) is 138 Å². The van der Waals surface area contributed by atoms with E-state index < -0.39 is 35.6 Å². The molecule has 0 saturated heterocycles. The third-order valence-corrected chi connectivity index (χ3v) is 7.18. The molecule has 10 nitrogen and oxygen atoms in total. The third-order valence-electron chi connectivity index (χ3n) is 6.38. The van der Waals surface area contributed by atoms with Crippen LogP contribution < -0.4 is 21.5 Å². The first-order valence-electron chi connectivity index (χ1n) is 12.2. The van der Waals surface area contributed by atoms with Crippen LogP contribution in [-0.4, -0.2) is 38.8 Å². The molecule has 4 N–H and O–H groups in total. The Morgan fingerprint density at radius 2 is 1.90 bits per heavy atom. The molecule has 208 valence electrons. The van der Waals surface area contributed by atoms with Gasteiger partial charge in [-0.3, -0.25) is 19.2 Å². The van der Waals surface area contributed by atoms with Crippen LogP contribution in [-0.2, 0) is 16.1 Å². The molecule has 2 aromatic heterocycles. The van der Waals surface area contributed by atoms with E-state index in [9.17, 15) is 28.0 Å². The minimum atomic E-state index is -1.05. The van der Waals surface area contributed by atoms with E-state index in [4.69, 9.17) is 0 Å². The van der Waals surface area contributed by atoms with Crippen molar-refractivity contribution >= 4 is 56.7 Å². The van der Waals surface area contributed by atoms with E-state index in [0.29, 0.717) is 43.9 Å². The van der Waals surface area contributed by atoms with Gasteiger partial charge in [-0.05, 0) is 70.9 Å². The monoisotopic (exact) mass is 622 g/mol. The molecule has 0 atom stereocenters. The van der Waals surface area contributed by atoms with Gasteiger partial charge in [-0.2, -0.15) is 0 Å². The Balaban J connectivity index is 1.28. The molecular weight excluding hydrogens is 602 g/mol. The predicted molar refractivity (Wildman–Crippen MR) is 151 cm³/mol. The first-order valence-corrected chi connectivity index (χ1v) is 13.0. The van der Waals surface area contributed by atoms with Crippen molar-refractivity contribution in [3.8, 4) is 0 Å². The van der Waals surface area contributed by atoms with E-state index >= 15 is 0 Å². The van der Waals surface area contributed by atoms with Crippen molar-refractivity contribution in [3.05, 3.63) is 110 Å². The number of aromatic amines is 1. The van der Waals surface area contributed by atoms with E-state index in [1.54, 1.807) is 37.4 Å². The molecule has 0 fully saturated rings. The van der Waals surface area contributed by atoms with Crippen molar-refractivity contribution in [1.29, 1.82) is 0 Å². The molecule has 13 heteroatoms. The predicted octanol–water partition coefficient (Wildman–Crippen LogP) is 3.83. The number of anilines is 2. The molecule has 3 amide bonds. The molecule has 1 aliphatic heterocycles. The van der Waals surface area contributed by atoms with E-state index in [-0.39, 0.29) is 18.0 Å². The molecule has 5 rings (SSSR count). The van der Waals surface area contributed by atoms with Crippen LogP contribution in [0.15, 0.2) is 64.3 Å². The molecule has 4 aromatic rings. The van der Waals surface area contributed by atoms with Crippen LogP contribution in [0.1, 0.15) is 32.9 Å². The largest absolute Gasteiger partial charge is 0.345 e. The number of hydrogen-bond acceptors (Lipinski definition) is 5. The number of rotatable bonds is 7. The van der Waals surface area contributed by atoms with Crippen LogP contribution in [0.25, 0.3) is 11.6 Å². The highest BCUT2D eigenvalue weighted by molar-refractivity contribution is 9.10.